The van der Waals surface area contributed by atoms with Crippen LogP contribution in [0.15, 0.2) is 126 Å². The van der Waals surface area contributed by atoms with Crippen LogP contribution in [0.2, 0.25) is 0 Å². The fraction of sp³-hybridized carbons (Fsp3) is 0.0286. The molecule has 0 aliphatic heterocycles. The van der Waals surface area contributed by atoms with Gasteiger partial charge in [0.15, 0.2) is 0 Å². The number of rotatable bonds is 4. The average Bonchev–Trinajstić information content (AvgIpc) is 3.63. The van der Waals surface area contributed by atoms with Crippen LogP contribution in [0.3, 0.4) is 0 Å². The molecule has 42 heavy (non-hydrogen) atoms. The van der Waals surface area contributed by atoms with E-state index >= 15 is 0 Å². The van der Waals surface area contributed by atoms with Crippen molar-refractivity contribution in [2.24, 2.45) is 0 Å². The summed E-state index contributed by atoms with van der Waals surface area (Å²) in [5, 5.41) is 18.8. The molecule has 1 aliphatic rings. The molecule has 0 fully saturated rings. The number of phenols is 1. The van der Waals surface area contributed by atoms with Gasteiger partial charge in [0.1, 0.15) is 16.8 Å². The van der Waals surface area contributed by atoms with Gasteiger partial charge in [0.05, 0.1) is 16.8 Å². The third kappa shape index (κ3) is 3.76. The largest absolute Gasteiger partial charge is 0.507 e. The van der Waals surface area contributed by atoms with Gasteiger partial charge >= 0.3 is 0 Å². The minimum absolute atomic E-state index is 0. The molecule has 8 rings (SSSR count). The molecule has 0 radical (unpaired) electrons. The molecule has 0 saturated heterocycles. The fourth-order valence-electron chi connectivity index (χ4n) is 6.16. The van der Waals surface area contributed by atoms with Gasteiger partial charge in [-0.3, -0.25) is 4.98 Å². The second-order valence-corrected chi connectivity index (χ2v) is 10.0. The second-order valence-electron chi connectivity index (χ2n) is 10.0. The van der Waals surface area contributed by atoms with Gasteiger partial charge in [-0.1, -0.05) is 77.0 Å². The average molecular weight is 725 g/mol. The van der Waals surface area contributed by atoms with Crippen LogP contribution >= 0.6 is 0 Å². The van der Waals surface area contributed by atoms with Crippen LogP contribution in [0, 0.1) is 6.07 Å². The molecular formula is C35H21N4O2Pt-. The van der Waals surface area contributed by atoms with Crippen LogP contribution in [0.4, 0.5) is 0 Å². The molecular weight excluding hydrogens is 703 g/mol. The number of aromatic hydroxyl groups is 1. The number of hydrogen-bond acceptors (Lipinski definition) is 6. The van der Waals surface area contributed by atoms with Crippen molar-refractivity contribution in [3.63, 3.8) is 0 Å². The van der Waals surface area contributed by atoms with Crippen LogP contribution in [0.1, 0.15) is 22.4 Å². The minimum atomic E-state index is -0.778. The first-order valence-electron chi connectivity index (χ1n) is 13.3. The molecule has 0 atom stereocenters. The smallest absolute Gasteiger partial charge is 0.129 e. The first kappa shape index (κ1) is 26.0. The molecule has 3 aromatic heterocycles. The molecule has 7 aromatic rings. The molecule has 7 heteroatoms. The number of pyridine rings is 2. The van der Waals surface area contributed by atoms with E-state index in [2.05, 4.69) is 82.0 Å². The zero-order chi connectivity index (χ0) is 27.4. The first-order valence-corrected chi connectivity index (χ1v) is 13.3. The Morgan fingerprint density at radius 1 is 0.667 bits per heavy atom. The molecule has 1 aliphatic carbocycles. The zero-order valence-electron chi connectivity index (χ0n) is 22.0. The van der Waals surface area contributed by atoms with Crippen molar-refractivity contribution in [2.45, 2.75) is 5.41 Å². The Labute approximate surface area is 256 Å². The summed E-state index contributed by atoms with van der Waals surface area (Å²) in [7, 11) is 0. The van der Waals surface area contributed by atoms with E-state index in [1.807, 2.05) is 42.5 Å². The predicted octanol–water partition coefficient (Wildman–Crippen LogP) is 7.21. The van der Waals surface area contributed by atoms with E-state index in [0.717, 1.165) is 39.1 Å². The van der Waals surface area contributed by atoms with Gasteiger partial charge in [-0.05, 0) is 52.6 Å². The summed E-state index contributed by atoms with van der Waals surface area (Å²) >= 11 is 0. The maximum atomic E-state index is 10.7. The molecule has 3 heterocycles. The molecule has 0 bridgehead atoms. The summed E-state index contributed by atoms with van der Waals surface area (Å²) in [4.78, 5) is 9.87. The van der Waals surface area contributed by atoms with Crippen molar-refractivity contribution in [3.05, 3.63) is 150 Å². The third-order valence-corrected chi connectivity index (χ3v) is 7.89. The number of phenolic OH excluding ortho intramolecular Hbond substituents is 1. The van der Waals surface area contributed by atoms with E-state index in [4.69, 9.17) is 9.61 Å². The number of benzene rings is 4. The summed E-state index contributed by atoms with van der Waals surface area (Å²) in [5.41, 5.74) is 9.53. The van der Waals surface area contributed by atoms with Crippen molar-refractivity contribution in [1.82, 2.24) is 20.3 Å². The van der Waals surface area contributed by atoms with Crippen molar-refractivity contribution < 1.29 is 30.8 Å². The van der Waals surface area contributed by atoms with Gasteiger partial charge in [-0.15, -0.1) is 35.4 Å². The van der Waals surface area contributed by atoms with Gasteiger partial charge in [0.25, 0.3) is 0 Å². The van der Waals surface area contributed by atoms with Crippen molar-refractivity contribution in [2.75, 3.05) is 0 Å². The van der Waals surface area contributed by atoms with E-state index in [9.17, 15) is 5.11 Å². The van der Waals surface area contributed by atoms with Crippen LogP contribution in [0.25, 0.3) is 44.7 Å². The van der Waals surface area contributed by atoms with E-state index in [1.165, 1.54) is 0 Å². The number of nitrogens with zero attached hydrogens (tertiary/aromatic N) is 4. The van der Waals surface area contributed by atoms with E-state index < -0.39 is 5.41 Å². The van der Waals surface area contributed by atoms with Gasteiger partial charge in [0, 0.05) is 38.5 Å². The monoisotopic (exact) mass is 724 g/mol. The molecule has 0 saturated carbocycles. The van der Waals surface area contributed by atoms with E-state index in [0.29, 0.717) is 28.0 Å². The molecule has 1 N–H and O–H groups in total. The van der Waals surface area contributed by atoms with Crippen LogP contribution in [-0.2, 0) is 26.5 Å². The van der Waals surface area contributed by atoms with Crippen LogP contribution in [-0.4, -0.2) is 25.4 Å². The Hall–Kier alpha value is -4.93. The van der Waals surface area contributed by atoms with Gasteiger partial charge in [0.2, 0.25) is 0 Å². The number of aromatic nitrogens is 4. The topological polar surface area (TPSA) is 84.9 Å². The summed E-state index contributed by atoms with van der Waals surface area (Å²) < 4.78 is 5.02. The van der Waals surface area contributed by atoms with E-state index in [-0.39, 0.29) is 26.8 Å². The molecule has 0 spiro atoms. The normalized spacial score (nSPS) is 12.9. The van der Waals surface area contributed by atoms with Gasteiger partial charge in [-0.25, -0.2) is 4.63 Å². The minimum Gasteiger partial charge on any atom is -0.507 e. The second kappa shape index (κ2) is 10.2. The maximum absolute atomic E-state index is 10.7. The van der Waals surface area contributed by atoms with Crippen molar-refractivity contribution in [3.8, 4) is 39.4 Å². The number of hydrogen-bond donors (Lipinski definition) is 1. The Bertz CT molecular complexity index is 2060. The van der Waals surface area contributed by atoms with Gasteiger partial charge in [-0.2, -0.15) is 0 Å². The standard InChI is InChI=1S/C35H21N4O2.Pt/c40-31-17-6-3-13-26(31)29-16-8-18-32(37-29)35(27-14-4-1-11-24(27)25-12-2-5-15-28(25)35)23-10-7-9-22(21-23)33-34-30(19-20-36-33)38-41-39-34;/h1-20,40H;/q-1;. The Balaban J connectivity index is 0.00000288. The van der Waals surface area contributed by atoms with E-state index in [1.54, 1.807) is 18.3 Å². The Morgan fingerprint density at radius 3 is 2.12 bits per heavy atom. The third-order valence-electron chi connectivity index (χ3n) is 7.89. The maximum Gasteiger partial charge on any atom is 0.129 e. The van der Waals surface area contributed by atoms with Crippen LogP contribution in [0.5, 0.6) is 5.75 Å². The summed E-state index contributed by atoms with van der Waals surface area (Å²) in [6, 6.07) is 41.8. The molecule has 6 nitrogen and oxygen atoms in total. The number of fused-ring (bicyclic) bond motifs is 4. The molecule has 4 aromatic carbocycles. The zero-order valence-corrected chi connectivity index (χ0v) is 24.3. The number of para-hydroxylation sites is 1. The van der Waals surface area contributed by atoms with Crippen molar-refractivity contribution in [1.29, 1.82) is 0 Å². The molecule has 0 amide bonds. The Morgan fingerprint density at radius 2 is 1.36 bits per heavy atom. The first-order chi connectivity index (χ1) is 20.2. The summed E-state index contributed by atoms with van der Waals surface area (Å²) in [6.45, 7) is 0. The predicted molar refractivity (Wildman–Crippen MR) is 156 cm³/mol. The van der Waals surface area contributed by atoms with Gasteiger partial charge < -0.3 is 10.1 Å². The Kier molecular flexibility index (Phi) is 6.29. The summed E-state index contributed by atoms with van der Waals surface area (Å²) in [6.07, 6.45) is 1.70. The molecule has 204 valence electrons. The quantitative estimate of drug-likeness (QED) is 0.193. The fourth-order valence-corrected chi connectivity index (χ4v) is 6.16. The van der Waals surface area contributed by atoms with Crippen molar-refractivity contribution >= 4 is 11.0 Å². The van der Waals surface area contributed by atoms with Crippen LogP contribution < -0.4 is 0 Å². The summed E-state index contributed by atoms with van der Waals surface area (Å²) in [5.74, 6) is 0.187. The molecule has 0 unspecified atom stereocenters. The SMILES string of the molecule is Oc1ccccc1-c1cccc(C2(c3[c-]c(-c4nccc5nonc45)ccc3)c3ccccc3-c3ccccc32)n1.[Pt].